The highest BCUT2D eigenvalue weighted by Gasteiger charge is 2.19. The molecule has 2 aromatic rings. The third-order valence-electron chi connectivity index (χ3n) is 4.48. The van der Waals surface area contributed by atoms with Crippen LogP contribution in [0.2, 0.25) is 0 Å². The van der Waals surface area contributed by atoms with E-state index < -0.39 is 0 Å². The Balaban J connectivity index is 1.94. The van der Waals surface area contributed by atoms with Gasteiger partial charge in [0.15, 0.2) is 0 Å². The molecule has 25 heavy (non-hydrogen) atoms. The Morgan fingerprint density at radius 1 is 1.12 bits per heavy atom. The topological polar surface area (TPSA) is 41.6 Å². The summed E-state index contributed by atoms with van der Waals surface area (Å²) < 4.78 is 5.43. The SMILES string of the molecule is COc1ccc(C)cc1CN(C)C(C)C(=O)NCc1ccc(C)cc1. The largest absolute Gasteiger partial charge is 0.496 e. The van der Waals surface area contributed by atoms with Crippen molar-refractivity contribution in [3.8, 4) is 5.75 Å². The number of nitrogens with one attached hydrogen (secondary N) is 1. The van der Waals surface area contributed by atoms with E-state index in [4.69, 9.17) is 4.74 Å². The third-order valence-corrected chi connectivity index (χ3v) is 4.48. The molecule has 0 aliphatic carbocycles. The van der Waals surface area contributed by atoms with E-state index in [1.165, 1.54) is 11.1 Å². The molecule has 2 aromatic carbocycles. The molecule has 0 radical (unpaired) electrons. The van der Waals surface area contributed by atoms with Gasteiger partial charge in [0.1, 0.15) is 5.75 Å². The number of ether oxygens (including phenoxy) is 1. The zero-order chi connectivity index (χ0) is 18.4. The van der Waals surface area contributed by atoms with Gasteiger partial charge in [0.25, 0.3) is 0 Å². The van der Waals surface area contributed by atoms with Crippen LogP contribution in [0.4, 0.5) is 0 Å². The molecule has 1 N–H and O–H groups in total. The van der Waals surface area contributed by atoms with E-state index in [9.17, 15) is 4.79 Å². The number of amides is 1. The molecule has 4 heteroatoms. The Labute approximate surface area is 150 Å². The second-order valence-electron chi connectivity index (χ2n) is 6.61. The van der Waals surface area contributed by atoms with Crippen molar-refractivity contribution in [2.75, 3.05) is 14.2 Å². The minimum atomic E-state index is -0.226. The maximum Gasteiger partial charge on any atom is 0.237 e. The Kier molecular flexibility index (Phi) is 6.59. The Morgan fingerprint density at radius 3 is 2.40 bits per heavy atom. The van der Waals surface area contributed by atoms with E-state index in [1.54, 1.807) is 7.11 Å². The molecule has 1 atom stereocenters. The molecule has 0 saturated heterocycles. The zero-order valence-corrected chi connectivity index (χ0v) is 15.8. The van der Waals surface area contributed by atoms with Gasteiger partial charge in [-0.05, 0) is 39.4 Å². The summed E-state index contributed by atoms with van der Waals surface area (Å²) in [4.78, 5) is 14.5. The fraction of sp³-hybridized carbons (Fsp3) is 0.381. The second kappa shape index (κ2) is 8.67. The van der Waals surface area contributed by atoms with Crippen molar-refractivity contribution in [3.05, 3.63) is 64.7 Å². The number of carbonyl (C=O) groups excluding carboxylic acids is 1. The van der Waals surface area contributed by atoms with Gasteiger partial charge in [0.05, 0.1) is 13.2 Å². The highest BCUT2D eigenvalue weighted by molar-refractivity contribution is 5.81. The fourth-order valence-corrected chi connectivity index (χ4v) is 2.68. The molecule has 1 unspecified atom stereocenters. The lowest BCUT2D eigenvalue weighted by atomic mass is 10.1. The Morgan fingerprint density at radius 2 is 1.76 bits per heavy atom. The van der Waals surface area contributed by atoms with Crippen LogP contribution in [0, 0.1) is 13.8 Å². The first-order valence-electron chi connectivity index (χ1n) is 8.57. The van der Waals surface area contributed by atoms with Gasteiger partial charge in [-0.2, -0.15) is 0 Å². The van der Waals surface area contributed by atoms with Crippen LogP contribution in [0.15, 0.2) is 42.5 Å². The molecule has 0 aromatic heterocycles. The molecule has 0 bridgehead atoms. The van der Waals surface area contributed by atoms with Crippen LogP contribution in [0.1, 0.15) is 29.2 Å². The molecule has 0 spiro atoms. The zero-order valence-electron chi connectivity index (χ0n) is 15.8. The van der Waals surface area contributed by atoms with Crippen LogP contribution in [0.5, 0.6) is 5.75 Å². The van der Waals surface area contributed by atoms with Gasteiger partial charge in [0, 0.05) is 18.7 Å². The van der Waals surface area contributed by atoms with Crippen LogP contribution in [-0.2, 0) is 17.9 Å². The van der Waals surface area contributed by atoms with Gasteiger partial charge in [-0.1, -0.05) is 47.5 Å². The fourth-order valence-electron chi connectivity index (χ4n) is 2.68. The summed E-state index contributed by atoms with van der Waals surface area (Å²) in [6, 6.07) is 14.1. The maximum atomic E-state index is 12.5. The lowest BCUT2D eigenvalue weighted by Gasteiger charge is -2.25. The first-order chi connectivity index (χ1) is 11.9. The molecule has 0 fully saturated rings. The summed E-state index contributed by atoms with van der Waals surface area (Å²) in [5, 5.41) is 3.01. The molecule has 0 saturated carbocycles. The number of hydrogen-bond donors (Lipinski definition) is 1. The predicted molar refractivity (Wildman–Crippen MR) is 102 cm³/mol. The van der Waals surface area contributed by atoms with Crippen LogP contribution in [0.25, 0.3) is 0 Å². The van der Waals surface area contributed by atoms with Crippen molar-refractivity contribution >= 4 is 5.91 Å². The van der Waals surface area contributed by atoms with Crippen LogP contribution in [-0.4, -0.2) is 31.0 Å². The van der Waals surface area contributed by atoms with Gasteiger partial charge in [-0.25, -0.2) is 0 Å². The molecule has 0 heterocycles. The van der Waals surface area contributed by atoms with E-state index in [0.717, 1.165) is 16.9 Å². The van der Waals surface area contributed by atoms with E-state index in [1.807, 2.05) is 43.1 Å². The third kappa shape index (κ3) is 5.33. The summed E-state index contributed by atoms with van der Waals surface area (Å²) in [6.45, 7) is 7.24. The highest BCUT2D eigenvalue weighted by Crippen LogP contribution is 2.21. The summed E-state index contributed by atoms with van der Waals surface area (Å²) in [7, 11) is 3.63. The summed E-state index contributed by atoms with van der Waals surface area (Å²) in [6.07, 6.45) is 0. The van der Waals surface area contributed by atoms with Crippen molar-refractivity contribution in [2.45, 2.75) is 39.9 Å². The molecule has 4 nitrogen and oxygen atoms in total. The molecule has 0 aliphatic heterocycles. The van der Waals surface area contributed by atoms with Gasteiger partial charge in [0.2, 0.25) is 5.91 Å². The standard InChI is InChI=1S/C21H28N2O2/c1-15-6-9-18(10-7-15)13-22-21(24)17(3)23(4)14-19-12-16(2)8-11-20(19)25-5/h6-12,17H,13-14H2,1-5H3,(H,22,24). The number of nitrogens with zero attached hydrogens (tertiary/aromatic N) is 1. The predicted octanol–water partition coefficient (Wildman–Crippen LogP) is 3.45. The van der Waals surface area contributed by atoms with Crippen molar-refractivity contribution < 1.29 is 9.53 Å². The van der Waals surface area contributed by atoms with Crippen LogP contribution in [0.3, 0.4) is 0 Å². The first-order valence-corrected chi connectivity index (χ1v) is 8.57. The normalized spacial score (nSPS) is 12.1. The average Bonchev–Trinajstić information content (AvgIpc) is 2.60. The highest BCUT2D eigenvalue weighted by atomic mass is 16.5. The maximum absolute atomic E-state index is 12.5. The average molecular weight is 340 g/mol. The quantitative estimate of drug-likeness (QED) is 0.839. The lowest BCUT2D eigenvalue weighted by molar-refractivity contribution is -0.125. The van der Waals surface area contributed by atoms with E-state index in [0.29, 0.717) is 13.1 Å². The number of aryl methyl sites for hydroxylation is 2. The van der Waals surface area contributed by atoms with E-state index >= 15 is 0 Å². The van der Waals surface area contributed by atoms with Crippen LogP contribution >= 0.6 is 0 Å². The van der Waals surface area contributed by atoms with Gasteiger partial charge in [-0.3, -0.25) is 9.69 Å². The smallest absolute Gasteiger partial charge is 0.237 e. The number of methoxy groups -OCH3 is 1. The molecule has 0 aliphatic rings. The van der Waals surface area contributed by atoms with Gasteiger partial charge in [-0.15, -0.1) is 0 Å². The summed E-state index contributed by atoms with van der Waals surface area (Å²) >= 11 is 0. The van der Waals surface area contributed by atoms with E-state index in [-0.39, 0.29) is 11.9 Å². The van der Waals surface area contributed by atoms with Crippen molar-refractivity contribution in [3.63, 3.8) is 0 Å². The molecular formula is C21H28N2O2. The van der Waals surface area contributed by atoms with E-state index in [2.05, 4.69) is 37.4 Å². The first kappa shape index (κ1) is 19.0. The van der Waals surface area contributed by atoms with Crippen molar-refractivity contribution in [2.24, 2.45) is 0 Å². The molecule has 134 valence electrons. The second-order valence-corrected chi connectivity index (χ2v) is 6.61. The number of rotatable bonds is 7. The van der Waals surface area contributed by atoms with Crippen molar-refractivity contribution in [1.82, 2.24) is 10.2 Å². The minimum absolute atomic E-state index is 0.0229. The molecule has 2 rings (SSSR count). The minimum Gasteiger partial charge on any atom is -0.496 e. The van der Waals surface area contributed by atoms with Gasteiger partial charge < -0.3 is 10.1 Å². The number of likely N-dealkylation sites (N-methyl/N-ethyl adjacent to an activating group) is 1. The summed E-state index contributed by atoms with van der Waals surface area (Å²) in [5.74, 6) is 0.874. The van der Waals surface area contributed by atoms with Gasteiger partial charge >= 0.3 is 0 Å². The number of benzene rings is 2. The van der Waals surface area contributed by atoms with Crippen LogP contribution < -0.4 is 10.1 Å². The summed E-state index contributed by atoms with van der Waals surface area (Å²) in [5.41, 5.74) is 4.59. The monoisotopic (exact) mass is 340 g/mol. The van der Waals surface area contributed by atoms with Crippen molar-refractivity contribution in [1.29, 1.82) is 0 Å². The Hall–Kier alpha value is -2.33. The molecule has 1 amide bonds. The lowest BCUT2D eigenvalue weighted by Crippen LogP contribution is -2.42. The number of hydrogen-bond acceptors (Lipinski definition) is 3. The Bertz CT molecular complexity index is 710. The number of carbonyl (C=O) groups is 1. The molecular weight excluding hydrogens is 312 g/mol.